The van der Waals surface area contributed by atoms with E-state index in [1.807, 2.05) is 0 Å². The van der Waals surface area contributed by atoms with Crippen LogP contribution in [0.3, 0.4) is 0 Å². The lowest BCUT2D eigenvalue weighted by Crippen LogP contribution is -2.35. The number of anilines is 1. The Balaban J connectivity index is 2.19. The summed E-state index contributed by atoms with van der Waals surface area (Å²) in [7, 11) is 1.49. The summed E-state index contributed by atoms with van der Waals surface area (Å²) in [6.45, 7) is 0. The Morgan fingerprint density at radius 2 is 1.92 bits per heavy atom. The molecule has 3 amide bonds. The maximum atomic E-state index is 12.4. The van der Waals surface area contributed by atoms with Crippen LogP contribution in [0.1, 0.15) is 18.0 Å². The Kier molecular flexibility index (Phi) is 6.50. The van der Waals surface area contributed by atoms with E-state index in [2.05, 4.69) is 10.6 Å². The van der Waals surface area contributed by atoms with Gasteiger partial charge < -0.3 is 21.1 Å². The highest BCUT2D eigenvalue weighted by Gasteiger charge is 2.20. The van der Waals surface area contributed by atoms with Gasteiger partial charge in [-0.3, -0.25) is 4.79 Å². The zero-order valence-electron chi connectivity index (χ0n) is 13.4. The molecule has 0 unspecified atom stereocenters. The van der Waals surface area contributed by atoms with Gasteiger partial charge in [0.25, 0.3) is 0 Å². The smallest absolute Gasteiger partial charge is 0.312 e. The van der Waals surface area contributed by atoms with E-state index in [0.29, 0.717) is 27.0 Å². The highest BCUT2D eigenvalue weighted by molar-refractivity contribution is 6.31. The molecule has 0 fully saturated rings. The third kappa shape index (κ3) is 5.27. The summed E-state index contributed by atoms with van der Waals surface area (Å²) < 4.78 is 5.19. The summed E-state index contributed by atoms with van der Waals surface area (Å²) in [5.41, 5.74) is 6.23. The van der Waals surface area contributed by atoms with Crippen LogP contribution < -0.4 is 21.1 Å². The van der Waals surface area contributed by atoms with Crippen molar-refractivity contribution < 1.29 is 14.3 Å². The van der Waals surface area contributed by atoms with E-state index >= 15 is 0 Å². The number of hydrogen-bond acceptors (Lipinski definition) is 3. The molecule has 0 aliphatic carbocycles. The van der Waals surface area contributed by atoms with Crippen molar-refractivity contribution in [3.63, 3.8) is 0 Å². The third-order valence-corrected chi connectivity index (χ3v) is 4.00. The van der Waals surface area contributed by atoms with E-state index in [-0.39, 0.29) is 12.3 Å². The monoisotopic (exact) mass is 381 g/mol. The van der Waals surface area contributed by atoms with Crippen LogP contribution in [0.2, 0.25) is 10.0 Å². The topological polar surface area (TPSA) is 93.4 Å². The maximum Gasteiger partial charge on any atom is 0.312 e. The van der Waals surface area contributed by atoms with Crippen molar-refractivity contribution in [2.75, 3.05) is 12.4 Å². The van der Waals surface area contributed by atoms with Crippen molar-refractivity contribution in [3.05, 3.63) is 58.1 Å². The van der Waals surface area contributed by atoms with Crippen molar-refractivity contribution in [2.24, 2.45) is 5.73 Å². The molecular formula is C17H17Cl2N3O3. The summed E-state index contributed by atoms with van der Waals surface area (Å²) in [5, 5.41) is 6.12. The molecule has 0 bridgehead atoms. The normalized spacial score (nSPS) is 11.5. The van der Waals surface area contributed by atoms with Gasteiger partial charge in [-0.2, -0.15) is 0 Å². The van der Waals surface area contributed by atoms with Gasteiger partial charge in [-0.15, -0.1) is 0 Å². The van der Waals surface area contributed by atoms with Crippen LogP contribution in [0.25, 0.3) is 0 Å². The van der Waals surface area contributed by atoms with Gasteiger partial charge >= 0.3 is 6.03 Å². The van der Waals surface area contributed by atoms with Crippen LogP contribution in [0.4, 0.5) is 10.5 Å². The van der Waals surface area contributed by atoms with Crippen molar-refractivity contribution in [1.82, 2.24) is 5.32 Å². The predicted molar refractivity (Wildman–Crippen MR) is 98.2 cm³/mol. The SMILES string of the molecule is COc1ccc(Cl)cc1NC(=O)C[C@H](NC(N)=O)c1ccccc1Cl. The van der Waals surface area contributed by atoms with Gasteiger partial charge in [0.2, 0.25) is 5.91 Å². The zero-order valence-corrected chi connectivity index (χ0v) is 14.9. The number of amides is 3. The number of ether oxygens (including phenoxy) is 1. The quantitative estimate of drug-likeness (QED) is 0.711. The lowest BCUT2D eigenvalue weighted by Gasteiger charge is -2.19. The fourth-order valence-electron chi connectivity index (χ4n) is 2.33. The van der Waals surface area contributed by atoms with E-state index in [1.54, 1.807) is 42.5 Å². The van der Waals surface area contributed by atoms with Crippen LogP contribution in [0, 0.1) is 0 Å². The van der Waals surface area contributed by atoms with Crippen LogP contribution >= 0.6 is 23.2 Å². The van der Waals surface area contributed by atoms with E-state index < -0.39 is 12.1 Å². The Morgan fingerprint density at radius 3 is 2.56 bits per heavy atom. The molecule has 0 saturated heterocycles. The molecule has 6 nitrogen and oxygen atoms in total. The minimum atomic E-state index is -0.752. The Morgan fingerprint density at radius 1 is 1.20 bits per heavy atom. The van der Waals surface area contributed by atoms with Crippen molar-refractivity contribution in [2.45, 2.75) is 12.5 Å². The van der Waals surface area contributed by atoms with Gasteiger partial charge in [-0.05, 0) is 29.8 Å². The minimum Gasteiger partial charge on any atom is -0.495 e. The molecule has 0 spiro atoms. The average Bonchev–Trinajstić information content (AvgIpc) is 2.54. The van der Waals surface area contributed by atoms with Gasteiger partial charge in [0.05, 0.1) is 25.3 Å². The molecule has 4 N–H and O–H groups in total. The van der Waals surface area contributed by atoms with Crippen LogP contribution in [0.15, 0.2) is 42.5 Å². The fraction of sp³-hybridized carbons (Fsp3) is 0.176. The summed E-state index contributed by atoms with van der Waals surface area (Å²) in [6, 6.07) is 10.3. The molecule has 0 heterocycles. The molecule has 0 aliphatic rings. The molecule has 2 rings (SSSR count). The lowest BCUT2D eigenvalue weighted by atomic mass is 10.0. The number of carbonyl (C=O) groups excluding carboxylic acids is 2. The van der Waals surface area contributed by atoms with Crippen molar-refractivity contribution in [3.8, 4) is 5.75 Å². The number of urea groups is 1. The number of hydrogen-bond donors (Lipinski definition) is 3. The third-order valence-electron chi connectivity index (χ3n) is 3.42. The van der Waals surface area contributed by atoms with Gasteiger partial charge in [0.1, 0.15) is 5.75 Å². The molecule has 1 atom stereocenters. The van der Waals surface area contributed by atoms with Gasteiger partial charge in [0.15, 0.2) is 0 Å². The highest BCUT2D eigenvalue weighted by atomic mass is 35.5. The maximum absolute atomic E-state index is 12.4. The molecule has 8 heteroatoms. The van der Waals surface area contributed by atoms with E-state index in [1.165, 1.54) is 7.11 Å². The Bertz CT molecular complexity index is 783. The van der Waals surface area contributed by atoms with Crippen LogP contribution in [0.5, 0.6) is 5.75 Å². The number of halogens is 2. The molecular weight excluding hydrogens is 365 g/mol. The number of benzene rings is 2. The lowest BCUT2D eigenvalue weighted by molar-refractivity contribution is -0.116. The molecule has 2 aromatic carbocycles. The molecule has 0 aliphatic heterocycles. The van der Waals surface area contributed by atoms with Crippen molar-refractivity contribution in [1.29, 1.82) is 0 Å². The molecule has 132 valence electrons. The predicted octanol–water partition coefficient (Wildman–Crippen LogP) is 3.74. The first-order valence-electron chi connectivity index (χ1n) is 7.34. The first kappa shape index (κ1) is 18.9. The van der Waals surface area contributed by atoms with Gasteiger partial charge in [0, 0.05) is 10.0 Å². The van der Waals surface area contributed by atoms with Crippen LogP contribution in [-0.2, 0) is 4.79 Å². The Hall–Kier alpha value is -2.44. The molecule has 2 aromatic rings. The number of carbonyl (C=O) groups is 2. The average molecular weight is 382 g/mol. The largest absolute Gasteiger partial charge is 0.495 e. The first-order valence-corrected chi connectivity index (χ1v) is 8.10. The Labute approximate surface area is 155 Å². The summed E-state index contributed by atoms with van der Waals surface area (Å²) >= 11 is 12.1. The first-order chi connectivity index (χ1) is 11.9. The summed E-state index contributed by atoms with van der Waals surface area (Å²) in [4.78, 5) is 23.7. The van der Waals surface area contributed by atoms with E-state index in [4.69, 9.17) is 33.7 Å². The molecule has 0 radical (unpaired) electrons. The summed E-state index contributed by atoms with van der Waals surface area (Å²) in [6.07, 6.45) is -0.0671. The summed E-state index contributed by atoms with van der Waals surface area (Å²) in [5.74, 6) is 0.106. The second-order valence-corrected chi connectivity index (χ2v) is 6.02. The van der Waals surface area contributed by atoms with Gasteiger partial charge in [-0.25, -0.2) is 4.79 Å². The van der Waals surface area contributed by atoms with Crippen LogP contribution in [-0.4, -0.2) is 19.0 Å². The number of nitrogens with two attached hydrogens (primary N) is 1. The second-order valence-electron chi connectivity index (χ2n) is 5.18. The van der Waals surface area contributed by atoms with E-state index in [9.17, 15) is 9.59 Å². The molecule has 25 heavy (non-hydrogen) atoms. The number of rotatable bonds is 6. The van der Waals surface area contributed by atoms with Crippen molar-refractivity contribution >= 4 is 40.8 Å². The second kappa shape index (κ2) is 8.60. The number of methoxy groups -OCH3 is 1. The fourth-order valence-corrected chi connectivity index (χ4v) is 2.77. The molecule has 0 aromatic heterocycles. The van der Waals surface area contributed by atoms with E-state index in [0.717, 1.165) is 0 Å². The number of nitrogens with one attached hydrogen (secondary N) is 2. The van der Waals surface area contributed by atoms with Gasteiger partial charge in [-0.1, -0.05) is 41.4 Å². The zero-order chi connectivity index (χ0) is 18.4. The standard InChI is InChI=1S/C17H17Cl2N3O3/c1-25-15-7-6-10(18)8-14(15)21-16(23)9-13(22-17(20)24)11-4-2-3-5-12(11)19/h2-8,13H,9H2,1H3,(H,21,23)(H3,20,22,24)/t13-/m0/s1. The molecule has 0 saturated carbocycles. The number of primary amides is 1. The minimum absolute atomic E-state index is 0.0671. The highest BCUT2D eigenvalue weighted by Crippen LogP contribution is 2.29.